The molecule has 7 nitrogen and oxygen atoms in total. The van der Waals surface area contributed by atoms with Crippen molar-refractivity contribution in [2.24, 2.45) is 0 Å². The molecule has 126 valence electrons. The highest BCUT2D eigenvalue weighted by molar-refractivity contribution is 7.99. The molecule has 8 heteroatoms. The third-order valence-corrected chi connectivity index (χ3v) is 5.17. The van der Waals surface area contributed by atoms with Gasteiger partial charge in [0.05, 0.1) is 18.1 Å². The summed E-state index contributed by atoms with van der Waals surface area (Å²) >= 11 is 1.17. The van der Waals surface area contributed by atoms with Gasteiger partial charge in [0.15, 0.2) is 5.76 Å². The Morgan fingerprint density at radius 1 is 1.42 bits per heavy atom. The fraction of sp³-hybridized carbons (Fsp3) is 0.500. The van der Waals surface area contributed by atoms with Crippen LogP contribution in [-0.4, -0.2) is 39.3 Å². The molecule has 24 heavy (non-hydrogen) atoms. The normalized spacial score (nSPS) is 16.5. The van der Waals surface area contributed by atoms with Crippen LogP contribution >= 0.6 is 11.8 Å². The Kier molecular flexibility index (Phi) is 4.90. The van der Waals surface area contributed by atoms with E-state index >= 15 is 0 Å². The second kappa shape index (κ2) is 7.09. The molecule has 0 saturated heterocycles. The van der Waals surface area contributed by atoms with Crippen LogP contribution in [0.2, 0.25) is 0 Å². The lowest BCUT2D eigenvalue weighted by atomic mass is 9.81. The van der Waals surface area contributed by atoms with Gasteiger partial charge in [0.2, 0.25) is 5.91 Å². The first-order valence-corrected chi connectivity index (χ1v) is 8.81. The second-order valence-electron chi connectivity index (χ2n) is 5.80. The maximum atomic E-state index is 12.5. The molecule has 2 aromatic rings. The number of aromatic nitrogens is 2. The fourth-order valence-corrected chi connectivity index (χ4v) is 3.56. The van der Waals surface area contributed by atoms with Gasteiger partial charge in [-0.05, 0) is 25.0 Å². The predicted molar refractivity (Wildman–Crippen MR) is 86.9 cm³/mol. The van der Waals surface area contributed by atoms with Gasteiger partial charge >= 0.3 is 0 Å². The Balaban J connectivity index is 1.60. The molecule has 0 N–H and O–H groups in total. The predicted octanol–water partition coefficient (Wildman–Crippen LogP) is 3.11. The van der Waals surface area contributed by atoms with Crippen LogP contribution in [0.4, 0.5) is 0 Å². The molecule has 0 spiro atoms. The number of thioether (sulfide) groups is 1. The summed E-state index contributed by atoms with van der Waals surface area (Å²) in [5.74, 6) is 0.813. The molecule has 2 aromatic heterocycles. The van der Waals surface area contributed by atoms with E-state index in [1.165, 1.54) is 18.0 Å². The van der Waals surface area contributed by atoms with Crippen LogP contribution in [0.15, 0.2) is 32.5 Å². The monoisotopic (exact) mass is 346 g/mol. The average Bonchev–Trinajstić information content (AvgIpc) is 3.30. The summed E-state index contributed by atoms with van der Waals surface area (Å²) in [7, 11) is 1.71. The molecule has 1 saturated carbocycles. The Morgan fingerprint density at radius 2 is 2.21 bits per heavy atom. The van der Waals surface area contributed by atoms with Crippen molar-refractivity contribution in [3.8, 4) is 17.7 Å². The van der Waals surface area contributed by atoms with Gasteiger partial charge in [-0.1, -0.05) is 31.0 Å². The minimum Gasteiger partial charge on any atom is -0.459 e. The summed E-state index contributed by atoms with van der Waals surface area (Å²) in [6, 6.07) is 5.81. The number of nitriles is 1. The van der Waals surface area contributed by atoms with Crippen LogP contribution < -0.4 is 0 Å². The summed E-state index contributed by atoms with van der Waals surface area (Å²) in [4.78, 5) is 14.0. The van der Waals surface area contributed by atoms with Gasteiger partial charge in [-0.25, -0.2) is 0 Å². The van der Waals surface area contributed by atoms with E-state index in [0.717, 1.165) is 32.1 Å². The molecule has 0 radical (unpaired) electrons. The average molecular weight is 346 g/mol. The fourth-order valence-electron chi connectivity index (χ4n) is 2.89. The highest BCUT2D eigenvalue weighted by Crippen LogP contribution is 2.33. The van der Waals surface area contributed by atoms with Gasteiger partial charge in [0.25, 0.3) is 11.1 Å². The number of amides is 1. The standard InChI is InChI=1S/C16H18N4O3S/c1-20(16(11-17)7-3-2-4-8-16)13(21)10-24-15-19-18-14(23-15)12-6-5-9-22-12/h5-6,9H,2-4,7-8,10H2,1H3. The van der Waals surface area contributed by atoms with Crippen LogP contribution in [0.3, 0.4) is 0 Å². The zero-order chi connectivity index (χ0) is 17.0. The second-order valence-corrected chi connectivity index (χ2v) is 6.72. The van der Waals surface area contributed by atoms with E-state index in [9.17, 15) is 10.1 Å². The minimum absolute atomic E-state index is 0.110. The maximum absolute atomic E-state index is 12.5. The number of nitrogens with zero attached hydrogens (tertiary/aromatic N) is 4. The van der Waals surface area contributed by atoms with E-state index in [1.807, 2.05) is 0 Å². The Morgan fingerprint density at radius 3 is 2.88 bits per heavy atom. The molecule has 0 bridgehead atoms. The van der Waals surface area contributed by atoms with Crippen molar-refractivity contribution in [1.82, 2.24) is 15.1 Å². The number of furan rings is 1. The van der Waals surface area contributed by atoms with Crippen molar-refractivity contribution in [1.29, 1.82) is 5.26 Å². The van der Waals surface area contributed by atoms with Crippen molar-refractivity contribution in [3.05, 3.63) is 18.4 Å². The summed E-state index contributed by atoms with van der Waals surface area (Å²) in [5, 5.41) is 17.7. The first-order valence-electron chi connectivity index (χ1n) is 7.83. The van der Waals surface area contributed by atoms with Crippen LogP contribution in [0, 0.1) is 11.3 Å². The van der Waals surface area contributed by atoms with Crippen LogP contribution in [-0.2, 0) is 4.79 Å². The first-order chi connectivity index (χ1) is 11.6. The molecular weight excluding hydrogens is 328 g/mol. The lowest BCUT2D eigenvalue weighted by molar-refractivity contribution is -0.131. The molecular formula is C16H18N4O3S. The zero-order valence-corrected chi connectivity index (χ0v) is 14.2. The third-order valence-electron chi connectivity index (χ3n) is 4.36. The molecule has 0 aromatic carbocycles. The lowest BCUT2D eigenvalue weighted by Crippen LogP contribution is -2.50. The Labute approximate surface area is 144 Å². The van der Waals surface area contributed by atoms with Gasteiger partial charge in [0.1, 0.15) is 5.54 Å². The lowest BCUT2D eigenvalue weighted by Gasteiger charge is -2.38. The Bertz CT molecular complexity index is 729. The molecule has 1 fully saturated rings. The molecule has 0 unspecified atom stereocenters. The van der Waals surface area contributed by atoms with Gasteiger partial charge in [-0.3, -0.25) is 4.79 Å². The molecule has 1 aliphatic rings. The van der Waals surface area contributed by atoms with Crippen molar-refractivity contribution in [3.63, 3.8) is 0 Å². The van der Waals surface area contributed by atoms with E-state index < -0.39 is 5.54 Å². The number of rotatable bonds is 5. The SMILES string of the molecule is CN(C(=O)CSc1nnc(-c2ccco2)o1)C1(C#N)CCCCC1. The number of hydrogen-bond acceptors (Lipinski definition) is 7. The highest BCUT2D eigenvalue weighted by Gasteiger charge is 2.38. The quantitative estimate of drug-likeness (QED) is 0.767. The first kappa shape index (κ1) is 16.6. The van der Waals surface area contributed by atoms with E-state index in [0.29, 0.717) is 11.0 Å². The summed E-state index contributed by atoms with van der Waals surface area (Å²) < 4.78 is 10.7. The summed E-state index contributed by atoms with van der Waals surface area (Å²) in [6.07, 6.45) is 6.08. The molecule has 2 heterocycles. The Hall–Kier alpha value is -2.27. The largest absolute Gasteiger partial charge is 0.459 e. The van der Waals surface area contributed by atoms with Gasteiger partial charge in [0, 0.05) is 7.05 Å². The summed E-state index contributed by atoms with van der Waals surface area (Å²) in [5.41, 5.74) is -0.677. The van der Waals surface area contributed by atoms with Gasteiger partial charge in [-0.15, -0.1) is 10.2 Å². The van der Waals surface area contributed by atoms with Gasteiger partial charge < -0.3 is 13.7 Å². The molecule has 1 aliphatic carbocycles. The van der Waals surface area contributed by atoms with Crippen LogP contribution in [0.1, 0.15) is 32.1 Å². The highest BCUT2D eigenvalue weighted by atomic mass is 32.2. The van der Waals surface area contributed by atoms with Crippen molar-refractivity contribution in [2.45, 2.75) is 42.9 Å². The maximum Gasteiger partial charge on any atom is 0.284 e. The van der Waals surface area contributed by atoms with E-state index in [4.69, 9.17) is 8.83 Å². The summed E-state index contributed by atoms with van der Waals surface area (Å²) in [6.45, 7) is 0. The van der Waals surface area contributed by atoms with Crippen molar-refractivity contribution in [2.75, 3.05) is 12.8 Å². The molecule has 0 atom stereocenters. The number of carbonyl (C=O) groups excluding carboxylic acids is 1. The zero-order valence-electron chi connectivity index (χ0n) is 13.4. The topological polar surface area (TPSA) is 96.2 Å². The van der Waals surface area contributed by atoms with Gasteiger partial charge in [-0.2, -0.15) is 5.26 Å². The van der Waals surface area contributed by atoms with Crippen molar-refractivity contribution < 1.29 is 13.6 Å². The smallest absolute Gasteiger partial charge is 0.284 e. The minimum atomic E-state index is -0.677. The third kappa shape index (κ3) is 3.31. The van der Waals surface area contributed by atoms with Crippen LogP contribution in [0.5, 0.6) is 0 Å². The molecule has 0 aliphatic heterocycles. The molecule has 3 rings (SSSR count). The van der Waals surface area contributed by atoms with E-state index in [1.54, 1.807) is 24.1 Å². The number of carbonyl (C=O) groups is 1. The van der Waals surface area contributed by atoms with Crippen LogP contribution in [0.25, 0.3) is 11.7 Å². The molecule has 1 amide bonds. The van der Waals surface area contributed by atoms with Crippen molar-refractivity contribution >= 4 is 17.7 Å². The van der Waals surface area contributed by atoms with E-state index in [-0.39, 0.29) is 17.6 Å². The van der Waals surface area contributed by atoms with E-state index in [2.05, 4.69) is 16.3 Å². The number of hydrogen-bond donors (Lipinski definition) is 0.